The Bertz CT molecular complexity index is 767. The Morgan fingerprint density at radius 1 is 1.19 bits per heavy atom. The predicted molar refractivity (Wildman–Crippen MR) is 93.1 cm³/mol. The third-order valence-electron chi connectivity index (χ3n) is 3.16. The summed E-state index contributed by atoms with van der Waals surface area (Å²) in [7, 11) is -4.06. The zero-order chi connectivity index (χ0) is 20.8. The summed E-state index contributed by atoms with van der Waals surface area (Å²) in [5, 5.41) is 1.54. The average Bonchev–Trinajstić information content (AvgIpc) is 2.55. The van der Waals surface area contributed by atoms with Crippen LogP contribution in [0.4, 0.5) is 13.2 Å². The van der Waals surface area contributed by atoms with Gasteiger partial charge in [-0.15, -0.1) is 0 Å². The van der Waals surface area contributed by atoms with Crippen LogP contribution < -0.4 is 10.0 Å². The molecular formula is C15H18BrF3N2O5S. The third-order valence-corrected chi connectivity index (χ3v) is 5.14. The minimum Gasteiger partial charge on any atom is -0.454 e. The van der Waals surface area contributed by atoms with Gasteiger partial charge in [-0.05, 0) is 30.2 Å². The van der Waals surface area contributed by atoms with Crippen molar-refractivity contribution in [1.82, 2.24) is 10.0 Å². The second kappa shape index (κ2) is 9.51. The molecule has 1 aromatic carbocycles. The molecule has 0 saturated heterocycles. The van der Waals surface area contributed by atoms with Crippen LogP contribution in [-0.2, 0) is 24.3 Å². The molecule has 12 heteroatoms. The van der Waals surface area contributed by atoms with Crippen molar-refractivity contribution in [2.24, 2.45) is 5.92 Å². The van der Waals surface area contributed by atoms with Crippen LogP contribution in [0.2, 0.25) is 0 Å². The van der Waals surface area contributed by atoms with Gasteiger partial charge < -0.3 is 10.1 Å². The topological polar surface area (TPSA) is 102 Å². The lowest BCUT2D eigenvalue weighted by Gasteiger charge is -2.20. The summed E-state index contributed by atoms with van der Waals surface area (Å²) < 4.78 is 68.3. The van der Waals surface area contributed by atoms with Crippen molar-refractivity contribution in [3.8, 4) is 0 Å². The van der Waals surface area contributed by atoms with E-state index in [1.165, 1.54) is 24.3 Å². The van der Waals surface area contributed by atoms with Gasteiger partial charge >= 0.3 is 12.1 Å². The molecule has 0 aromatic heterocycles. The number of ether oxygens (including phenoxy) is 1. The number of amides is 1. The summed E-state index contributed by atoms with van der Waals surface area (Å²) in [6.07, 6.45) is -4.60. The Morgan fingerprint density at radius 2 is 1.74 bits per heavy atom. The van der Waals surface area contributed by atoms with Crippen LogP contribution >= 0.6 is 15.9 Å². The van der Waals surface area contributed by atoms with E-state index >= 15 is 0 Å². The van der Waals surface area contributed by atoms with Crippen molar-refractivity contribution in [1.29, 1.82) is 0 Å². The molecule has 0 unspecified atom stereocenters. The van der Waals surface area contributed by atoms with Gasteiger partial charge in [0.2, 0.25) is 10.0 Å². The van der Waals surface area contributed by atoms with Gasteiger partial charge in [-0.3, -0.25) is 9.59 Å². The Morgan fingerprint density at radius 3 is 2.22 bits per heavy atom. The summed E-state index contributed by atoms with van der Waals surface area (Å²) in [6, 6.07) is 4.32. The van der Waals surface area contributed by atoms with E-state index in [1.807, 2.05) is 0 Å². The first-order valence-electron chi connectivity index (χ1n) is 7.60. The first kappa shape index (κ1) is 23.4. The number of benzene rings is 1. The van der Waals surface area contributed by atoms with Crippen molar-refractivity contribution in [2.45, 2.75) is 31.0 Å². The second-order valence-electron chi connectivity index (χ2n) is 5.80. The predicted octanol–water partition coefficient (Wildman–Crippen LogP) is 1.97. The van der Waals surface area contributed by atoms with E-state index in [-0.39, 0.29) is 4.90 Å². The molecule has 0 spiro atoms. The van der Waals surface area contributed by atoms with Crippen molar-refractivity contribution in [3.05, 3.63) is 28.7 Å². The Hall–Kier alpha value is -1.66. The Labute approximate surface area is 162 Å². The number of alkyl halides is 3. The molecule has 152 valence electrons. The monoisotopic (exact) mass is 474 g/mol. The molecule has 0 saturated carbocycles. The number of rotatable bonds is 8. The van der Waals surface area contributed by atoms with Crippen LogP contribution in [0.1, 0.15) is 13.8 Å². The Balaban J connectivity index is 2.73. The van der Waals surface area contributed by atoms with Crippen molar-refractivity contribution < 1.29 is 35.9 Å². The molecule has 1 aromatic rings. The molecule has 7 nitrogen and oxygen atoms in total. The lowest BCUT2D eigenvalue weighted by Crippen LogP contribution is -2.46. The van der Waals surface area contributed by atoms with Crippen molar-refractivity contribution in [3.63, 3.8) is 0 Å². The maximum Gasteiger partial charge on any atom is 0.405 e. The quantitative estimate of drug-likeness (QED) is 0.560. The number of halogens is 4. The van der Waals surface area contributed by atoms with Crippen molar-refractivity contribution >= 4 is 37.8 Å². The largest absolute Gasteiger partial charge is 0.454 e. The Kier molecular flexibility index (Phi) is 8.23. The smallest absolute Gasteiger partial charge is 0.405 e. The van der Waals surface area contributed by atoms with E-state index < -0.39 is 53.2 Å². The summed E-state index contributed by atoms with van der Waals surface area (Å²) >= 11 is 3.17. The third kappa shape index (κ3) is 8.26. The first-order valence-corrected chi connectivity index (χ1v) is 9.87. The summed E-state index contributed by atoms with van der Waals surface area (Å²) in [6.45, 7) is 0.560. The zero-order valence-electron chi connectivity index (χ0n) is 14.3. The number of nitrogens with one attached hydrogen (secondary N) is 2. The van der Waals surface area contributed by atoms with Crippen LogP contribution in [0, 0.1) is 5.92 Å². The molecule has 1 rings (SSSR count). The van der Waals surface area contributed by atoms with Gasteiger partial charge in [0.1, 0.15) is 12.6 Å². The maximum absolute atomic E-state index is 12.4. The van der Waals surface area contributed by atoms with Gasteiger partial charge in [0.15, 0.2) is 6.61 Å². The highest BCUT2D eigenvalue weighted by Gasteiger charge is 2.31. The lowest BCUT2D eigenvalue weighted by molar-refractivity contribution is -0.153. The normalized spacial score (nSPS) is 13.3. The summed E-state index contributed by atoms with van der Waals surface area (Å²) in [4.78, 5) is 23.3. The van der Waals surface area contributed by atoms with E-state index in [0.717, 1.165) is 0 Å². The van der Waals surface area contributed by atoms with E-state index in [2.05, 4.69) is 25.4 Å². The second-order valence-corrected chi connectivity index (χ2v) is 8.43. The minimum atomic E-state index is -4.60. The molecule has 1 amide bonds. The van der Waals surface area contributed by atoms with Crippen LogP contribution in [0.25, 0.3) is 0 Å². The fourth-order valence-electron chi connectivity index (χ4n) is 1.78. The van der Waals surface area contributed by atoms with E-state index in [0.29, 0.717) is 4.47 Å². The SMILES string of the molecule is CC(C)[C@@H](NS(=O)(=O)c1ccc(Br)cc1)C(=O)OCC(=O)NCC(F)(F)F. The molecular weight excluding hydrogens is 457 g/mol. The highest BCUT2D eigenvalue weighted by atomic mass is 79.9. The van der Waals surface area contributed by atoms with Crippen molar-refractivity contribution in [2.75, 3.05) is 13.2 Å². The highest BCUT2D eigenvalue weighted by Crippen LogP contribution is 2.16. The highest BCUT2D eigenvalue weighted by molar-refractivity contribution is 9.10. The number of hydrogen-bond acceptors (Lipinski definition) is 5. The molecule has 0 fully saturated rings. The van der Waals surface area contributed by atoms with Gasteiger partial charge in [0.25, 0.3) is 5.91 Å². The maximum atomic E-state index is 12.4. The van der Waals surface area contributed by atoms with E-state index in [1.54, 1.807) is 19.2 Å². The van der Waals surface area contributed by atoms with Gasteiger partial charge in [-0.1, -0.05) is 29.8 Å². The van der Waals surface area contributed by atoms with Gasteiger partial charge in [0.05, 0.1) is 4.90 Å². The molecule has 2 N–H and O–H groups in total. The van der Waals surface area contributed by atoms with Crippen LogP contribution in [0.5, 0.6) is 0 Å². The first-order chi connectivity index (χ1) is 12.3. The van der Waals surface area contributed by atoms with Gasteiger partial charge in [-0.2, -0.15) is 17.9 Å². The van der Waals surface area contributed by atoms with Gasteiger partial charge in [0, 0.05) is 4.47 Å². The summed E-state index contributed by atoms with van der Waals surface area (Å²) in [5.41, 5.74) is 0. The number of carbonyl (C=O) groups is 2. The van der Waals surface area contributed by atoms with Crippen LogP contribution in [0.15, 0.2) is 33.6 Å². The molecule has 0 aliphatic heterocycles. The van der Waals surface area contributed by atoms with Gasteiger partial charge in [-0.25, -0.2) is 8.42 Å². The fourth-order valence-corrected chi connectivity index (χ4v) is 3.38. The molecule has 0 radical (unpaired) electrons. The number of carbonyl (C=O) groups excluding carboxylic acids is 2. The number of esters is 1. The molecule has 0 bridgehead atoms. The average molecular weight is 475 g/mol. The molecule has 27 heavy (non-hydrogen) atoms. The zero-order valence-corrected chi connectivity index (χ0v) is 16.7. The molecule has 0 aliphatic carbocycles. The molecule has 0 aliphatic rings. The molecule has 0 heterocycles. The van der Waals surface area contributed by atoms with E-state index in [4.69, 9.17) is 0 Å². The number of hydrogen-bond donors (Lipinski definition) is 2. The van der Waals surface area contributed by atoms with Crippen LogP contribution in [-0.4, -0.2) is 45.7 Å². The number of sulfonamides is 1. The van der Waals surface area contributed by atoms with E-state index in [9.17, 15) is 31.2 Å². The lowest BCUT2D eigenvalue weighted by atomic mass is 10.1. The minimum absolute atomic E-state index is 0.0907. The molecule has 1 atom stereocenters. The summed E-state index contributed by atoms with van der Waals surface area (Å²) in [5.74, 6) is -2.77. The standard InChI is InChI=1S/C15H18BrF3N2O5S/c1-9(2)13(14(23)26-7-12(22)20-8-15(17,18)19)21-27(24,25)11-5-3-10(16)4-6-11/h3-6,9,13,21H,7-8H2,1-2H3,(H,20,22)/t13-/m1/s1. The fraction of sp³-hybridized carbons (Fsp3) is 0.467. The van der Waals surface area contributed by atoms with Crippen LogP contribution in [0.3, 0.4) is 0 Å².